The Morgan fingerprint density at radius 2 is 0.458 bits per heavy atom. The van der Waals surface area contributed by atoms with Crippen molar-refractivity contribution in [2.45, 2.75) is 59.2 Å². The quantitative estimate of drug-likeness (QED) is 0.0428. The molecule has 0 atom stereocenters. The van der Waals surface area contributed by atoms with Crippen LogP contribution < -0.4 is 74.3 Å². The Hall–Kier alpha value is -11.3. The number of halogens is 5. The van der Waals surface area contributed by atoms with Crippen LogP contribution in [-0.4, -0.2) is 25.2 Å². The van der Waals surface area contributed by atoms with Crippen molar-refractivity contribution < 1.29 is 48.0 Å². The maximum atomic E-state index is 14.7. The van der Waals surface area contributed by atoms with Gasteiger partial charge in [0, 0.05) is 35.9 Å². The molecule has 0 saturated heterocycles. The Kier molecular flexibility index (Phi) is 40.8. The Morgan fingerprint density at radius 3 is 0.664 bits per heavy atom. The summed E-state index contributed by atoms with van der Waals surface area (Å²) in [4.78, 5) is 0. The topological polar surface area (TPSA) is 40.5 Å². The second-order valence-electron chi connectivity index (χ2n) is 31.4. The van der Waals surface area contributed by atoms with Gasteiger partial charge in [0.15, 0.2) is 23.3 Å². The molecule has 0 heterocycles. The molecule has 0 radical (unpaired) electrons. The third kappa shape index (κ3) is 30.1. The summed E-state index contributed by atoms with van der Waals surface area (Å²) in [5, 5.41) is 34.3. The van der Waals surface area contributed by atoms with Gasteiger partial charge in [-0.3, -0.25) is 0 Å². The van der Waals surface area contributed by atoms with E-state index in [0.29, 0.717) is 16.3 Å². The first-order valence-corrected chi connectivity index (χ1v) is 53.3. The molecule has 2 N–H and O–H groups in total. The van der Waals surface area contributed by atoms with Gasteiger partial charge in [-0.1, -0.05) is 535 Å². The van der Waals surface area contributed by atoms with Gasteiger partial charge >= 0.3 is 7.12 Å². The minimum atomic E-state index is -1.97. The summed E-state index contributed by atoms with van der Waals surface area (Å²) in [6.45, 7) is 10.4. The Morgan fingerprint density at radius 1 is 0.244 bits per heavy atom. The monoisotopic (exact) mass is 1970 g/mol. The summed E-state index contributed by atoms with van der Waals surface area (Å²) in [7, 11) is -5.66. The first-order valence-electron chi connectivity index (χ1n) is 43.7. The van der Waals surface area contributed by atoms with Crippen molar-refractivity contribution in [1.82, 2.24) is 0 Å². The average molecular weight is 1970 g/mol. The van der Waals surface area contributed by atoms with E-state index < -0.39 is 75.6 Å². The molecule has 0 aliphatic carbocycles. The Balaban J connectivity index is 0.000000149. The summed E-state index contributed by atoms with van der Waals surface area (Å²) in [6, 6.07) is 169. The molecule has 0 aliphatic rings. The van der Waals surface area contributed by atoms with E-state index >= 15 is 0 Å². The molecule has 0 amide bonds. The van der Waals surface area contributed by atoms with Gasteiger partial charge in [0.25, 0.3) is 0 Å². The molecule has 131 heavy (non-hydrogen) atoms. The standard InChI is InChI=1S/C24H26F2Si.4C18H15P.C15H15Br.C6H5BF2O2.Pd/c1-5-6-17-7-9-18(10-8-17)19-11-13-20(14-12-19)21-15-16-22(27(2,3)4)24(26)23(21)25;4*1-4-10-16(11-5-1)19(17-12-6-2-7-13-17)18-14-8-3-9-15-18;1-2-3-12-4-6-13(7-5-12)14-8-10-15(16)11-9-14;8-5-3-1-2-4(6(5)9)7(10)11;/h7-16H,5-6H2,1-4H3;4*1-15H;4-11H,2-3H2,1H3;1-3,10-11H;. The van der Waals surface area contributed by atoms with Crippen LogP contribution >= 0.6 is 47.6 Å². The van der Waals surface area contributed by atoms with Gasteiger partial charge in [-0.15, -0.1) is 0 Å². The van der Waals surface area contributed by atoms with Crippen LogP contribution in [0.1, 0.15) is 37.8 Å². The van der Waals surface area contributed by atoms with Crippen molar-refractivity contribution in [3.05, 3.63) is 530 Å². The van der Waals surface area contributed by atoms with Crippen LogP contribution in [0.5, 0.6) is 0 Å². The van der Waals surface area contributed by atoms with E-state index in [1.165, 1.54) is 105 Å². The maximum Gasteiger partial charge on any atom is 0.491 e. The second-order valence-corrected chi connectivity index (χ2v) is 46.2. The molecule has 0 saturated carbocycles. The van der Waals surface area contributed by atoms with Crippen LogP contribution in [0.25, 0.3) is 33.4 Å². The fraction of sp³-hybridized carbons (Fsp3) is 0.0769. The van der Waals surface area contributed by atoms with Crippen LogP contribution in [0.3, 0.4) is 0 Å². The Labute approximate surface area is 801 Å². The third-order valence-corrected chi connectivity index (χ3v) is 33.3. The average Bonchev–Trinajstić information content (AvgIpc) is 0.783. The minimum Gasteiger partial charge on any atom is -0.423 e. The van der Waals surface area contributed by atoms with Gasteiger partial charge in [-0.2, -0.15) is 0 Å². The van der Waals surface area contributed by atoms with Crippen molar-refractivity contribution >= 4 is 137 Å². The first kappa shape index (κ1) is 100. The summed E-state index contributed by atoms with van der Waals surface area (Å²) in [5.74, 6) is -3.74. The third-order valence-electron chi connectivity index (χ3n) is 21.0. The molecule has 0 unspecified atom stereocenters. The second kappa shape index (κ2) is 53.3. The number of benzene rings is 18. The predicted octanol–water partition coefficient (Wildman–Crippen LogP) is 25.3. The number of hydrogen-bond acceptors (Lipinski definition) is 2. The van der Waals surface area contributed by atoms with Crippen molar-refractivity contribution in [2.24, 2.45) is 0 Å². The minimum absolute atomic E-state index is 0. The molecular formula is C117H106BBrF4O2P4PdSi. The van der Waals surface area contributed by atoms with E-state index in [4.69, 9.17) is 10.0 Å². The number of rotatable bonds is 21. The molecule has 18 aromatic carbocycles. The van der Waals surface area contributed by atoms with Gasteiger partial charge < -0.3 is 10.0 Å². The number of hydrogen-bond donors (Lipinski definition) is 2. The van der Waals surface area contributed by atoms with Crippen LogP contribution in [0.2, 0.25) is 19.6 Å². The Bertz CT molecular complexity index is 5430. The molecular weight excluding hydrogens is 1860 g/mol. The molecule has 2 nitrogen and oxygen atoms in total. The van der Waals surface area contributed by atoms with Gasteiger partial charge in [0.2, 0.25) is 0 Å². The molecule has 0 bridgehead atoms. The van der Waals surface area contributed by atoms with Gasteiger partial charge in [0.05, 0.1) is 8.07 Å². The van der Waals surface area contributed by atoms with Crippen LogP contribution in [0.4, 0.5) is 17.6 Å². The molecule has 14 heteroatoms. The van der Waals surface area contributed by atoms with E-state index in [0.717, 1.165) is 40.6 Å². The fourth-order valence-electron chi connectivity index (χ4n) is 14.6. The zero-order valence-electron chi connectivity index (χ0n) is 74.1. The SMILES string of the molecule is CCCc1ccc(-c2ccc(-c3ccc([Si](C)(C)C)c(F)c3F)cc2)cc1.CCCc1ccc(-c2ccc(Br)cc2)cc1.OB(O)c1cccc(F)c1F.[Pd].c1ccc(P(c2ccccc2)c2ccccc2)cc1.c1ccc(P(c2ccccc2)c2ccccc2)cc1.c1ccc(P(c2ccccc2)c2ccccc2)cc1.c1ccc(P(c2ccccc2)c2ccccc2)cc1. The van der Waals surface area contributed by atoms with E-state index in [-0.39, 0.29) is 20.4 Å². The molecule has 0 aromatic heterocycles. The summed E-state index contributed by atoms with van der Waals surface area (Å²) < 4.78 is 55.2. The van der Waals surface area contributed by atoms with E-state index in [9.17, 15) is 17.6 Å². The normalized spacial score (nSPS) is 10.6. The van der Waals surface area contributed by atoms with Gasteiger partial charge in [0.1, 0.15) is 0 Å². The van der Waals surface area contributed by atoms with Crippen molar-refractivity contribution in [3.63, 3.8) is 0 Å². The van der Waals surface area contributed by atoms with Gasteiger partial charge in [-0.05, 0) is 171 Å². The molecule has 18 aromatic rings. The molecule has 18 rings (SSSR count). The summed E-state index contributed by atoms with van der Waals surface area (Å²) >= 11 is 3.45. The van der Waals surface area contributed by atoms with E-state index in [2.05, 4.69) is 467 Å². The maximum absolute atomic E-state index is 14.7. The first-order chi connectivity index (χ1) is 63.5. The molecule has 0 fully saturated rings. The van der Waals surface area contributed by atoms with Crippen molar-refractivity contribution in [2.75, 3.05) is 0 Å². The van der Waals surface area contributed by atoms with Crippen molar-refractivity contribution in [3.8, 4) is 33.4 Å². The summed E-state index contributed by atoms with van der Waals surface area (Å²) in [6.07, 6.45) is 4.59. The van der Waals surface area contributed by atoms with Crippen LogP contribution in [-0.2, 0) is 33.3 Å². The van der Waals surface area contributed by atoms with E-state index in [1.54, 1.807) is 12.1 Å². The van der Waals surface area contributed by atoms with E-state index in [1.807, 2.05) is 43.9 Å². The van der Waals surface area contributed by atoms with Crippen LogP contribution in [0, 0.1) is 23.3 Å². The largest absolute Gasteiger partial charge is 0.491 e. The molecule has 658 valence electrons. The zero-order valence-corrected chi connectivity index (χ0v) is 81.8. The fourth-order valence-corrected chi connectivity index (χ4v) is 25.4. The molecule has 0 aliphatic heterocycles. The molecule has 0 spiro atoms. The predicted molar refractivity (Wildman–Crippen MR) is 565 cm³/mol. The summed E-state index contributed by atoms with van der Waals surface area (Å²) in [5.41, 5.74) is 8.06. The number of aryl methyl sites for hydroxylation is 2. The van der Waals surface area contributed by atoms with Crippen LogP contribution in [0.15, 0.2) is 496 Å². The smallest absolute Gasteiger partial charge is 0.423 e. The van der Waals surface area contributed by atoms with Crippen molar-refractivity contribution in [1.29, 1.82) is 0 Å². The van der Waals surface area contributed by atoms with Gasteiger partial charge in [-0.25, -0.2) is 17.6 Å². The zero-order chi connectivity index (χ0) is 91.1.